The molecule has 1 N–H and O–H groups in total. The molecule has 1 saturated heterocycles. The lowest BCUT2D eigenvalue weighted by Gasteiger charge is -2.31. The van der Waals surface area contributed by atoms with E-state index in [1.807, 2.05) is 0 Å². The second-order valence-corrected chi connectivity index (χ2v) is 8.15. The van der Waals surface area contributed by atoms with Crippen LogP contribution in [0.15, 0.2) is 53.4 Å². The van der Waals surface area contributed by atoms with E-state index in [0.29, 0.717) is 32.7 Å². The van der Waals surface area contributed by atoms with Crippen molar-refractivity contribution >= 4 is 15.7 Å². The number of non-ortho nitro benzene ring substituents is 1. The van der Waals surface area contributed by atoms with E-state index < -0.39 is 20.8 Å². The Hall–Kier alpha value is -2.36. The first kappa shape index (κ1) is 18.4. The van der Waals surface area contributed by atoms with Crippen molar-refractivity contribution in [2.24, 2.45) is 0 Å². The Morgan fingerprint density at radius 3 is 2.35 bits per heavy atom. The fourth-order valence-corrected chi connectivity index (χ4v) is 4.49. The van der Waals surface area contributed by atoms with Crippen LogP contribution < -0.4 is 4.90 Å². The highest BCUT2D eigenvalue weighted by Gasteiger charge is 2.30. The monoisotopic (exact) mass is 380 g/mol. The van der Waals surface area contributed by atoms with Crippen molar-refractivity contribution in [3.8, 4) is 0 Å². The Kier molecular flexibility index (Phi) is 5.30. The molecule has 26 heavy (non-hydrogen) atoms. The Morgan fingerprint density at radius 2 is 1.77 bits per heavy atom. The number of rotatable bonds is 5. The number of nitrogens with one attached hydrogen (secondary N) is 1. The van der Waals surface area contributed by atoms with Crippen LogP contribution in [-0.4, -0.2) is 43.8 Å². The average molecular weight is 380 g/mol. The van der Waals surface area contributed by atoms with Gasteiger partial charge in [-0.15, -0.1) is 0 Å². The van der Waals surface area contributed by atoms with Gasteiger partial charge < -0.3 is 4.90 Å². The zero-order valence-electron chi connectivity index (χ0n) is 14.0. The highest BCUT2D eigenvalue weighted by atomic mass is 32.2. The number of sulfonamides is 1. The van der Waals surface area contributed by atoms with Crippen molar-refractivity contribution in [1.82, 2.24) is 4.31 Å². The number of hydrogen-bond donors (Lipinski definition) is 1. The summed E-state index contributed by atoms with van der Waals surface area (Å²) in [5.41, 5.74) is 1.02. The number of nitrogens with zero attached hydrogens (tertiary/aromatic N) is 2. The summed E-state index contributed by atoms with van der Waals surface area (Å²) in [6, 6.07) is 11.4. The van der Waals surface area contributed by atoms with Gasteiger partial charge in [0.2, 0.25) is 10.0 Å². The van der Waals surface area contributed by atoms with Gasteiger partial charge in [-0.05, 0) is 30.3 Å². The number of piperazine rings is 1. The first-order valence-electron chi connectivity index (χ1n) is 8.19. The summed E-state index contributed by atoms with van der Waals surface area (Å²) < 4.78 is 39.9. The maximum atomic E-state index is 13.3. The molecule has 0 radical (unpaired) electrons. The summed E-state index contributed by atoms with van der Waals surface area (Å²) in [7, 11) is -3.69. The van der Waals surface area contributed by atoms with Crippen molar-refractivity contribution < 1.29 is 22.6 Å². The first-order valence-corrected chi connectivity index (χ1v) is 9.63. The van der Waals surface area contributed by atoms with E-state index in [-0.39, 0.29) is 10.6 Å². The lowest BCUT2D eigenvalue weighted by Crippen LogP contribution is -3.13. The predicted molar refractivity (Wildman–Crippen MR) is 92.7 cm³/mol. The van der Waals surface area contributed by atoms with Gasteiger partial charge in [0.25, 0.3) is 5.69 Å². The number of nitro benzene ring substituents is 1. The molecule has 9 heteroatoms. The molecular formula is C17H19FN3O4S+. The normalized spacial score (nSPS) is 16.5. The zero-order chi connectivity index (χ0) is 18.7. The van der Waals surface area contributed by atoms with E-state index in [2.05, 4.69) is 0 Å². The van der Waals surface area contributed by atoms with E-state index >= 15 is 0 Å². The van der Waals surface area contributed by atoms with E-state index in [1.165, 1.54) is 39.5 Å². The van der Waals surface area contributed by atoms with Crippen LogP contribution in [0.1, 0.15) is 5.56 Å². The molecule has 2 aromatic carbocycles. The summed E-state index contributed by atoms with van der Waals surface area (Å²) in [6.07, 6.45) is 0. The van der Waals surface area contributed by atoms with Gasteiger partial charge >= 0.3 is 0 Å². The zero-order valence-corrected chi connectivity index (χ0v) is 14.8. The third kappa shape index (κ3) is 4.06. The summed E-state index contributed by atoms with van der Waals surface area (Å²) in [6.45, 7) is 2.60. The molecule has 0 saturated carbocycles. The lowest BCUT2D eigenvalue weighted by molar-refractivity contribution is -0.917. The molecule has 138 valence electrons. The van der Waals surface area contributed by atoms with Crippen LogP contribution in [0.3, 0.4) is 0 Å². The lowest BCUT2D eigenvalue weighted by atomic mass is 10.2. The third-order valence-electron chi connectivity index (χ3n) is 4.46. The fraction of sp³-hybridized carbons (Fsp3) is 0.294. The molecular weight excluding hydrogens is 361 g/mol. The third-order valence-corrected chi connectivity index (χ3v) is 6.36. The van der Waals surface area contributed by atoms with Gasteiger partial charge in [0.05, 0.1) is 36.0 Å². The molecule has 0 aromatic heterocycles. The highest BCUT2D eigenvalue weighted by molar-refractivity contribution is 7.89. The van der Waals surface area contributed by atoms with Crippen molar-refractivity contribution in [3.05, 3.63) is 70.0 Å². The molecule has 7 nitrogen and oxygen atoms in total. The average Bonchev–Trinajstić information content (AvgIpc) is 2.62. The Labute approximate surface area is 150 Å². The summed E-state index contributed by atoms with van der Waals surface area (Å²) in [5, 5.41) is 10.7. The van der Waals surface area contributed by atoms with Crippen molar-refractivity contribution in [2.75, 3.05) is 26.2 Å². The SMILES string of the molecule is O=[N+]([O-])c1ccc(C[NH+]2CCN(S(=O)(=O)c3cccc(F)c3)CC2)cc1. The number of halogens is 1. The molecule has 0 bridgehead atoms. The number of benzene rings is 2. The van der Waals surface area contributed by atoms with Crippen LogP contribution in [0.25, 0.3) is 0 Å². The molecule has 0 unspecified atom stereocenters. The van der Waals surface area contributed by atoms with Gasteiger partial charge in [0, 0.05) is 17.7 Å². The number of hydrogen-bond acceptors (Lipinski definition) is 4. The van der Waals surface area contributed by atoms with E-state index in [9.17, 15) is 22.9 Å². The van der Waals surface area contributed by atoms with Gasteiger partial charge in [-0.3, -0.25) is 10.1 Å². The van der Waals surface area contributed by atoms with Gasteiger partial charge in [-0.2, -0.15) is 4.31 Å². The predicted octanol–water partition coefficient (Wildman–Crippen LogP) is 0.823. The smallest absolute Gasteiger partial charge is 0.269 e. The Bertz CT molecular complexity index is 894. The standard InChI is InChI=1S/C17H18FN3O4S/c18-15-2-1-3-17(12-15)26(24,25)20-10-8-19(9-11-20)13-14-4-6-16(7-5-14)21(22)23/h1-7,12H,8-11,13H2/p+1. The maximum Gasteiger partial charge on any atom is 0.269 e. The molecule has 0 spiro atoms. The molecule has 1 fully saturated rings. The van der Waals surface area contributed by atoms with Crippen LogP contribution >= 0.6 is 0 Å². The summed E-state index contributed by atoms with van der Waals surface area (Å²) >= 11 is 0. The first-order chi connectivity index (χ1) is 12.4. The Morgan fingerprint density at radius 1 is 1.12 bits per heavy atom. The van der Waals surface area contributed by atoms with E-state index in [4.69, 9.17) is 0 Å². The minimum atomic E-state index is -3.69. The molecule has 0 amide bonds. The molecule has 0 atom stereocenters. The van der Waals surface area contributed by atoms with Crippen LogP contribution in [0.4, 0.5) is 10.1 Å². The molecule has 3 rings (SSSR count). The number of quaternary nitrogens is 1. The quantitative estimate of drug-likeness (QED) is 0.615. The minimum Gasteiger partial charge on any atom is -0.329 e. The molecule has 1 aliphatic heterocycles. The second kappa shape index (κ2) is 7.48. The van der Waals surface area contributed by atoms with Crippen molar-refractivity contribution in [2.45, 2.75) is 11.4 Å². The van der Waals surface area contributed by atoms with Crippen molar-refractivity contribution in [1.29, 1.82) is 0 Å². The minimum absolute atomic E-state index is 0.0312. The van der Waals surface area contributed by atoms with Crippen LogP contribution in [0, 0.1) is 15.9 Å². The molecule has 1 heterocycles. The highest BCUT2D eigenvalue weighted by Crippen LogP contribution is 2.17. The van der Waals surface area contributed by atoms with Crippen LogP contribution in [-0.2, 0) is 16.6 Å². The van der Waals surface area contributed by atoms with Crippen LogP contribution in [0.2, 0.25) is 0 Å². The molecule has 1 aliphatic rings. The largest absolute Gasteiger partial charge is 0.329 e. The van der Waals surface area contributed by atoms with Gasteiger partial charge in [-0.25, -0.2) is 12.8 Å². The molecule has 0 aliphatic carbocycles. The Balaban J connectivity index is 1.61. The van der Waals surface area contributed by atoms with Gasteiger partial charge in [-0.1, -0.05) is 6.07 Å². The van der Waals surface area contributed by atoms with Gasteiger partial charge in [0.1, 0.15) is 12.4 Å². The number of nitro groups is 1. The van der Waals surface area contributed by atoms with Gasteiger partial charge in [0.15, 0.2) is 0 Å². The second-order valence-electron chi connectivity index (χ2n) is 6.21. The molecule has 2 aromatic rings. The topological polar surface area (TPSA) is 85.0 Å². The van der Waals surface area contributed by atoms with E-state index in [1.54, 1.807) is 12.1 Å². The van der Waals surface area contributed by atoms with Crippen molar-refractivity contribution in [3.63, 3.8) is 0 Å². The maximum absolute atomic E-state index is 13.3. The van der Waals surface area contributed by atoms with E-state index in [0.717, 1.165) is 11.6 Å². The summed E-state index contributed by atoms with van der Waals surface area (Å²) in [4.78, 5) is 11.4. The fourth-order valence-electron chi connectivity index (χ4n) is 3.02. The summed E-state index contributed by atoms with van der Waals surface area (Å²) in [5.74, 6) is -0.575. The van der Waals surface area contributed by atoms with Crippen LogP contribution in [0.5, 0.6) is 0 Å².